The first-order valence-electron chi connectivity index (χ1n) is 25.9. The average molecular weight is 1220 g/mol. The molecule has 10 aromatic rings. The maximum absolute atomic E-state index is 5.54. The SMILES string of the molecule is Brc1cnn2c(NCc3ccc4nc[nH]c4c3)cc(C3CCNCC3)nc12.Brc1cnn2c(NCc3cccnc3)cc(C3CCCCC3)nc12.Nc1ncc(CNc2cc(C3CCCNC3)nc3c(Br)cnn23)cn1. The number of hydrogen-bond donors (Lipinski definition) is 7. The van der Waals surface area contributed by atoms with Crippen LogP contribution in [0.5, 0.6) is 0 Å². The molecule has 2 aliphatic heterocycles. The zero-order valence-electron chi connectivity index (χ0n) is 41.8. The number of nitrogens with two attached hydrogens (primary N) is 1. The van der Waals surface area contributed by atoms with E-state index >= 15 is 0 Å². The average Bonchev–Trinajstić information content (AvgIpc) is 4.30. The van der Waals surface area contributed by atoms with Gasteiger partial charge in [0.2, 0.25) is 5.95 Å². The highest BCUT2D eigenvalue weighted by Crippen LogP contribution is 2.35. The topological polar surface area (TPSA) is 244 Å². The molecule has 13 rings (SSSR count). The van der Waals surface area contributed by atoms with Gasteiger partial charge < -0.3 is 37.3 Å². The number of halogens is 3. The first-order chi connectivity index (χ1) is 37.3. The Hall–Kier alpha value is -6.66. The fourth-order valence-corrected chi connectivity index (χ4v) is 11.2. The number of nitrogen functional groups attached to an aromatic ring is 1. The summed E-state index contributed by atoms with van der Waals surface area (Å²) in [5, 5.41) is 30.7. The van der Waals surface area contributed by atoms with Crippen molar-refractivity contribution in [1.29, 1.82) is 0 Å². The van der Waals surface area contributed by atoms with E-state index in [1.807, 2.05) is 38.1 Å². The van der Waals surface area contributed by atoms with Gasteiger partial charge in [0.1, 0.15) is 17.5 Å². The summed E-state index contributed by atoms with van der Waals surface area (Å²) in [5.41, 5.74) is 16.8. The molecule has 2 saturated heterocycles. The van der Waals surface area contributed by atoms with Gasteiger partial charge in [-0.1, -0.05) is 31.4 Å². The predicted octanol–water partition coefficient (Wildman–Crippen LogP) is 9.94. The largest absolute Gasteiger partial charge is 0.368 e. The van der Waals surface area contributed by atoms with Crippen LogP contribution >= 0.6 is 47.8 Å². The molecule has 20 nitrogen and oxygen atoms in total. The fourth-order valence-electron chi connectivity index (χ4n) is 10.1. The fraction of sp³-hybridized carbons (Fsp3) is 0.358. The van der Waals surface area contributed by atoms with E-state index < -0.39 is 0 Å². The van der Waals surface area contributed by atoms with Crippen molar-refractivity contribution in [2.45, 2.75) is 95.2 Å². The molecule has 3 aliphatic rings. The van der Waals surface area contributed by atoms with Crippen LogP contribution in [-0.4, -0.2) is 94.9 Å². The minimum Gasteiger partial charge on any atom is -0.368 e. The molecule has 76 heavy (non-hydrogen) atoms. The molecule has 392 valence electrons. The molecule has 3 fully saturated rings. The summed E-state index contributed by atoms with van der Waals surface area (Å²) in [5.74, 6) is 4.58. The van der Waals surface area contributed by atoms with Gasteiger partial charge in [-0.15, -0.1) is 0 Å². The van der Waals surface area contributed by atoms with Crippen LogP contribution in [0.25, 0.3) is 28.0 Å². The third-order valence-electron chi connectivity index (χ3n) is 14.2. The zero-order chi connectivity index (χ0) is 51.8. The third kappa shape index (κ3) is 12.1. The summed E-state index contributed by atoms with van der Waals surface area (Å²) in [6, 6.07) is 16.7. The highest BCUT2D eigenvalue weighted by atomic mass is 79.9. The van der Waals surface area contributed by atoms with Crippen molar-refractivity contribution in [3.63, 3.8) is 0 Å². The van der Waals surface area contributed by atoms with E-state index in [4.69, 9.17) is 20.7 Å². The predicted molar refractivity (Wildman–Crippen MR) is 306 cm³/mol. The lowest BCUT2D eigenvalue weighted by Crippen LogP contribution is -2.29. The second-order valence-corrected chi connectivity index (χ2v) is 22.0. The minimum absolute atomic E-state index is 0.276. The maximum Gasteiger partial charge on any atom is 0.219 e. The zero-order valence-corrected chi connectivity index (χ0v) is 46.6. The number of aromatic nitrogens is 14. The Balaban J connectivity index is 0.000000122. The summed E-state index contributed by atoms with van der Waals surface area (Å²) in [6.07, 6.45) is 25.2. The molecule has 1 aromatic carbocycles. The van der Waals surface area contributed by atoms with Crippen molar-refractivity contribution in [1.82, 2.24) is 79.3 Å². The van der Waals surface area contributed by atoms with Crippen LogP contribution in [0.3, 0.4) is 0 Å². The van der Waals surface area contributed by atoms with Crippen molar-refractivity contribution >= 4 is 99.2 Å². The molecular formula is C53H59Br3N20. The van der Waals surface area contributed by atoms with Crippen molar-refractivity contribution < 1.29 is 0 Å². The smallest absolute Gasteiger partial charge is 0.219 e. The molecule has 23 heteroatoms. The Morgan fingerprint density at radius 2 is 1.09 bits per heavy atom. The second-order valence-electron chi connectivity index (χ2n) is 19.4. The number of pyridine rings is 1. The number of fused-ring (bicyclic) bond motifs is 4. The number of imidazole rings is 1. The van der Waals surface area contributed by atoms with Crippen LogP contribution < -0.4 is 32.3 Å². The van der Waals surface area contributed by atoms with Crippen LogP contribution in [0.1, 0.15) is 109 Å². The molecule has 1 atom stereocenters. The van der Waals surface area contributed by atoms with Crippen molar-refractivity contribution in [2.75, 3.05) is 47.9 Å². The molecular weight excluding hydrogens is 1160 g/mol. The molecule has 11 heterocycles. The van der Waals surface area contributed by atoms with Crippen LogP contribution in [0.4, 0.5) is 23.4 Å². The van der Waals surface area contributed by atoms with E-state index in [-0.39, 0.29) is 5.95 Å². The quantitative estimate of drug-likeness (QED) is 0.0602. The molecule has 9 aromatic heterocycles. The first-order valence-corrected chi connectivity index (χ1v) is 28.3. The van der Waals surface area contributed by atoms with Gasteiger partial charge in [0.25, 0.3) is 0 Å². The van der Waals surface area contributed by atoms with Crippen molar-refractivity contribution in [3.8, 4) is 0 Å². The number of aromatic amines is 1. The van der Waals surface area contributed by atoms with E-state index in [0.29, 0.717) is 37.4 Å². The second kappa shape index (κ2) is 24.1. The lowest BCUT2D eigenvalue weighted by atomic mass is 9.87. The number of hydrogen-bond acceptors (Lipinski definition) is 16. The van der Waals surface area contributed by atoms with Crippen molar-refractivity contribution in [3.05, 3.63) is 145 Å². The Morgan fingerprint density at radius 1 is 0.539 bits per heavy atom. The van der Waals surface area contributed by atoms with Crippen LogP contribution in [0, 0.1) is 0 Å². The van der Waals surface area contributed by atoms with Gasteiger partial charge in [-0.3, -0.25) is 4.98 Å². The summed E-state index contributed by atoms with van der Waals surface area (Å²) in [6.45, 7) is 6.14. The number of benzene rings is 1. The van der Waals surface area contributed by atoms with E-state index in [2.05, 4.69) is 151 Å². The van der Waals surface area contributed by atoms with Gasteiger partial charge in [0, 0.05) is 104 Å². The van der Waals surface area contributed by atoms with Gasteiger partial charge in [-0.2, -0.15) is 28.8 Å². The van der Waals surface area contributed by atoms with E-state index in [1.54, 1.807) is 37.3 Å². The molecule has 0 spiro atoms. The highest BCUT2D eigenvalue weighted by molar-refractivity contribution is 9.11. The summed E-state index contributed by atoms with van der Waals surface area (Å²) in [7, 11) is 0. The summed E-state index contributed by atoms with van der Waals surface area (Å²) < 4.78 is 8.28. The molecule has 0 amide bonds. The number of H-pyrrole nitrogens is 1. The standard InChI is InChI=1S/C19H20BrN7.C18H20BrN5.C16H19BrN8/c20-14-10-25-27-18(8-16(26-19(14)27)13-3-5-21-6-4-13)22-9-12-1-2-15-17(7-12)24-11-23-15;19-15-12-22-24-17(21-11-13-5-4-8-20-10-13)9-16(23-18(15)24)14-6-2-1-3-7-14;17-12-9-23-25-14(20-5-10-6-21-16(18)22-7-10)4-13(24-15(12)25)11-2-1-3-19-8-11/h1-2,7-8,10-11,13,21-22H,3-6,9H2,(H,23,24);4-5,8-10,12,14,21H,1-3,6-7,11H2;4,6-7,9,11,19-20H,1-3,5,8H2,(H2,18,21,22). The molecule has 0 bridgehead atoms. The van der Waals surface area contributed by atoms with E-state index in [9.17, 15) is 0 Å². The third-order valence-corrected chi connectivity index (χ3v) is 15.9. The number of rotatable bonds is 12. The van der Waals surface area contributed by atoms with Gasteiger partial charge in [-0.05, 0) is 135 Å². The number of nitrogens with zero attached hydrogens (tertiary/aromatic N) is 13. The maximum atomic E-state index is 5.54. The Morgan fingerprint density at radius 3 is 1.66 bits per heavy atom. The lowest BCUT2D eigenvalue weighted by Gasteiger charge is -2.23. The number of piperidine rings is 2. The minimum atomic E-state index is 0.276. The van der Waals surface area contributed by atoms with E-state index in [0.717, 1.165) is 127 Å². The summed E-state index contributed by atoms with van der Waals surface area (Å²) >= 11 is 10.7. The number of anilines is 4. The Bertz CT molecular complexity index is 3520. The molecule has 1 aliphatic carbocycles. The molecule has 1 saturated carbocycles. The molecule has 0 radical (unpaired) electrons. The number of nitrogens with one attached hydrogen (secondary N) is 6. The van der Waals surface area contributed by atoms with E-state index in [1.165, 1.54) is 49.8 Å². The molecule has 8 N–H and O–H groups in total. The van der Waals surface area contributed by atoms with Crippen LogP contribution in [0.2, 0.25) is 0 Å². The lowest BCUT2D eigenvalue weighted by molar-refractivity contribution is 0.437. The van der Waals surface area contributed by atoms with Crippen molar-refractivity contribution in [2.24, 2.45) is 0 Å². The van der Waals surface area contributed by atoms with Crippen LogP contribution in [0.15, 0.2) is 112 Å². The Labute approximate surface area is 464 Å². The first kappa shape index (κ1) is 51.4. The van der Waals surface area contributed by atoms with Gasteiger partial charge in [-0.25, -0.2) is 29.9 Å². The van der Waals surface area contributed by atoms with Gasteiger partial charge >= 0.3 is 0 Å². The Kier molecular flexibility index (Phi) is 16.3. The van der Waals surface area contributed by atoms with Gasteiger partial charge in [0.05, 0.1) is 55.1 Å². The van der Waals surface area contributed by atoms with Crippen LogP contribution in [-0.2, 0) is 19.6 Å². The normalized spacial score (nSPS) is 16.3. The highest BCUT2D eigenvalue weighted by Gasteiger charge is 2.23. The monoisotopic (exact) mass is 1210 g/mol. The summed E-state index contributed by atoms with van der Waals surface area (Å²) in [4.78, 5) is 34.2. The molecule has 1 unspecified atom stereocenters. The van der Waals surface area contributed by atoms with Gasteiger partial charge in [0.15, 0.2) is 16.9 Å².